The topological polar surface area (TPSA) is 57.5 Å². The third-order valence-electron chi connectivity index (χ3n) is 2.73. The normalized spacial score (nSPS) is 23.1. The number of aliphatic hydroxyl groups is 1. The van der Waals surface area contributed by atoms with Crippen LogP contribution in [0.3, 0.4) is 0 Å². The Labute approximate surface area is 152 Å². The van der Waals surface area contributed by atoms with Crippen LogP contribution in [0.1, 0.15) is 75.7 Å². The van der Waals surface area contributed by atoms with Gasteiger partial charge in [0.25, 0.3) is 0 Å². The Hall–Kier alpha value is -1.61. The summed E-state index contributed by atoms with van der Waals surface area (Å²) in [5.74, 6) is -0.996. The molecule has 0 amide bonds. The molecule has 0 heterocycles. The van der Waals surface area contributed by atoms with Crippen LogP contribution in [0.15, 0.2) is 48.4 Å². The van der Waals surface area contributed by atoms with Crippen molar-refractivity contribution in [3.05, 3.63) is 48.4 Å². The number of aliphatic carboxylic acids is 1. The van der Waals surface area contributed by atoms with Gasteiger partial charge in [0.2, 0.25) is 0 Å². The van der Waals surface area contributed by atoms with Crippen LogP contribution in [-0.4, -0.2) is 22.3 Å². The van der Waals surface area contributed by atoms with Crippen molar-refractivity contribution in [1.29, 1.82) is 0 Å². The zero-order valence-electron chi connectivity index (χ0n) is 21.7. The van der Waals surface area contributed by atoms with Crippen molar-refractivity contribution in [3.8, 4) is 0 Å². The minimum atomic E-state index is -2.15. The molecule has 0 rings (SSSR count). The van der Waals surface area contributed by atoms with Gasteiger partial charge in [-0.05, 0) is 32.1 Å². The number of carbonyl (C=O) groups is 1. The van der Waals surface area contributed by atoms with Crippen LogP contribution in [0.25, 0.3) is 0 Å². The van der Waals surface area contributed by atoms with E-state index in [1.165, 1.54) is 0 Å². The van der Waals surface area contributed by atoms with Gasteiger partial charge in [-0.3, -0.25) is 4.79 Å². The number of rotatable bonds is 14. The molecule has 130 valence electrons. The van der Waals surface area contributed by atoms with Crippen LogP contribution in [-0.2, 0) is 4.79 Å². The fourth-order valence-corrected chi connectivity index (χ4v) is 1.53. The summed E-state index contributed by atoms with van der Waals surface area (Å²) in [6.07, 6.45) is 0.476. The van der Waals surface area contributed by atoms with E-state index in [0.717, 1.165) is 18.9 Å². The lowest BCUT2D eigenvalue weighted by Crippen LogP contribution is -2.00. The molecule has 0 unspecified atom stereocenters. The molecule has 3 nitrogen and oxygen atoms in total. The van der Waals surface area contributed by atoms with Crippen LogP contribution in [0, 0.1) is 0 Å². The van der Waals surface area contributed by atoms with Crippen molar-refractivity contribution < 1.29 is 26.0 Å². The van der Waals surface area contributed by atoms with E-state index in [1.54, 1.807) is 0 Å². The van der Waals surface area contributed by atoms with Crippen molar-refractivity contribution in [3.63, 3.8) is 0 Å². The second-order valence-corrected chi connectivity index (χ2v) is 4.82. The van der Waals surface area contributed by atoms with Gasteiger partial charge in [-0.1, -0.05) is 74.6 Å². The second kappa shape index (κ2) is 16.8. The summed E-state index contributed by atoms with van der Waals surface area (Å²) in [5.41, 5.74) is 0. The summed E-state index contributed by atoms with van der Waals surface area (Å²) >= 11 is 0. The number of carboxylic acid groups (broad SMARTS) is 1. The van der Waals surface area contributed by atoms with Gasteiger partial charge in [0.15, 0.2) is 0 Å². The molecule has 2 N–H and O–H groups in total. The number of hydrogen-bond acceptors (Lipinski definition) is 2. The molecule has 0 aliphatic rings. The Balaban J connectivity index is 5.19. The largest absolute Gasteiger partial charge is 0.481 e. The van der Waals surface area contributed by atoms with Gasteiger partial charge in [0.05, 0.1) is 17.0 Å². The van der Waals surface area contributed by atoms with Gasteiger partial charge in [-0.15, -0.1) is 0 Å². The molecule has 0 fully saturated rings. The van der Waals surface area contributed by atoms with Crippen molar-refractivity contribution in [1.82, 2.24) is 0 Å². The molecule has 1 atom stereocenters. The first-order valence-corrected chi connectivity index (χ1v) is 7.91. The molecule has 0 aromatic carbocycles. The Morgan fingerprint density at radius 2 is 1.83 bits per heavy atom. The van der Waals surface area contributed by atoms with E-state index in [0.29, 0.717) is 6.42 Å². The first kappa shape index (κ1) is 11.0. The quantitative estimate of drug-likeness (QED) is 0.262. The maximum Gasteiger partial charge on any atom is 0.303 e. The van der Waals surface area contributed by atoms with Gasteiger partial charge >= 0.3 is 5.97 Å². The van der Waals surface area contributed by atoms with E-state index >= 15 is 0 Å². The predicted molar refractivity (Wildman–Crippen MR) is 97.4 cm³/mol. The van der Waals surface area contributed by atoms with Gasteiger partial charge in [-0.2, -0.15) is 0 Å². The molecular weight excluding hydrogens is 288 g/mol. The lowest BCUT2D eigenvalue weighted by molar-refractivity contribution is -0.137. The Kier molecular flexibility index (Phi) is 8.04. The lowest BCUT2D eigenvalue weighted by atomic mass is 10.1. The summed E-state index contributed by atoms with van der Waals surface area (Å²) in [6.45, 7) is 1.97. The fourth-order valence-electron chi connectivity index (χ4n) is 1.53. The zero-order chi connectivity index (χ0) is 24.2. The number of hydrogen-bond donors (Lipinski definition) is 2. The molecule has 0 saturated carbocycles. The minimum Gasteiger partial charge on any atom is -0.481 e. The summed E-state index contributed by atoms with van der Waals surface area (Å²) in [5, 5.41) is 18.6. The average molecular weight is 329 g/mol. The van der Waals surface area contributed by atoms with Crippen molar-refractivity contribution in [2.75, 3.05) is 0 Å². The molecule has 0 bridgehead atoms. The van der Waals surface area contributed by atoms with Crippen LogP contribution < -0.4 is 0 Å². The molecule has 0 aromatic rings. The van der Waals surface area contributed by atoms with E-state index in [2.05, 4.69) is 0 Å². The number of allylic oxidation sites excluding steroid dienone is 7. The van der Waals surface area contributed by atoms with Crippen LogP contribution in [0.2, 0.25) is 0 Å². The van der Waals surface area contributed by atoms with Crippen molar-refractivity contribution in [2.24, 2.45) is 0 Å². The first-order valence-electron chi connectivity index (χ1n) is 11.9. The molecule has 0 aromatic heterocycles. The van der Waals surface area contributed by atoms with Crippen molar-refractivity contribution >= 4 is 5.97 Å². The molecule has 0 saturated heterocycles. The van der Waals surface area contributed by atoms with Gasteiger partial charge in [0, 0.05) is 6.42 Å². The molecular formula is C20H32O3. The van der Waals surface area contributed by atoms with Crippen LogP contribution in [0.5, 0.6) is 0 Å². The summed E-state index contributed by atoms with van der Waals surface area (Å²) < 4.78 is 62.8. The van der Waals surface area contributed by atoms with Gasteiger partial charge in [0.1, 0.15) is 0 Å². The van der Waals surface area contributed by atoms with E-state index < -0.39 is 30.6 Å². The van der Waals surface area contributed by atoms with Crippen molar-refractivity contribution in [2.45, 2.75) is 70.8 Å². The maximum absolute atomic E-state index is 10.5. The monoisotopic (exact) mass is 328 g/mol. The Morgan fingerprint density at radius 3 is 2.52 bits per heavy atom. The summed E-state index contributed by atoms with van der Waals surface area (Å²) in [7, 11) is 0. The third kappa shape index (κ3) is 18.3. The highest BCUT2D eigenvalue weighted by atomic mass is 16.4. The average Bonchev–Trinajstić information content (AvgIpc) is 2.67. The van der Waals surface area contributed by atoms with Gasteiger partial charge < -0.3 is 10.2 Å². The minimum absolute atomic E-state index is 0.0395. The van der Waals surface area contributed by atoms with Crippen LogP contribution in [0.4, 0.5) is 0 Å². The smallest absolute Gasteiger partial charge is 0.303 e. The number of carboxylic acids is 1. The third-order valence-corrected chi connectivity index (χ3v) is 2.73. The lowest BCUT2D eigenvalue weighted by Gasteiger charge is -2.02. The van der Waals surface area contributed by atoms with E-state index in [4.69, 9.17) is 16.1 Å². The first-order chi connectivity index (χ1) is 14.3. The Morgan fingerprint density at radius 1 is 1.13 bits per heavy atom. The summed E-state index contributed by atoms with van der Waals surface area (Å²) in [4.78, 5) is 10.5. The SMILES string of the molecule is [2H]C(/C=C(\[2H])[C@@]([2H])(O)CCCCC)=C(\[2H])C/C([2H])=C(/[2H])C/C([2H])=C(/[2H])CCCC(=O)O. The van der Waals surface area contributed by atoms with E-state index in [9.17, 15) is 9.90 Å². The maximum atomic E-state index is 10.5. The fraction of sp³-hybridized carbons (Fsp3) is 0.550. The van der Waals surface area contributed by atoms with E-state index in [1.807, 2.05) is 6.92 Å². The number of unbranched alkanes of at least 4 members (excludes halogenated alkanes) is 2. The standard InChI is InChI=1S/C20H32O3/c1-2-3-13-16-19(21)17-14-11-9-7-5-4-6-8-10-12-15-18-20(22)23/h4-5,8-11,14,17,19,21H,2-3,6-7,12-13,15-16,18H2,1H3,(H,22,23)/b5-4-,10-8-,11-9-,17-14+/t19-/m0/s1/i4D,5D,8D,9D,10D,11D,17D,19D. The highest BCUT2D eigenvalue weighted by Gasteiger charge is 1.96. The Bertz CT molecular complexity index is 739. The summed E-state index contributed by atoms with van der Waals surface area (Å²) in [6, 6.07) is -2.26. The van der Waals surface area contributed by atoms with Gasteiger partial charge in [-0.25, -0.2) is 0 Å². The molecule has 0 spiro atoms. The van der Waals surface area contributed by atoms with Crippen LogP contribution >= 0.6 is 0 Å². The second-order valence-electron chi connectivity index (χ2n) is 4.82. The molecule has 0 aliphatic heterocycles. The van der Waals surface area contributed by atoms with E-state index in [-0.39, 0.29) is 62.4 Å². The molecule has 0 radical (unpaired) electrons. The predicted octanol–water partition coefficient (Wildman–Crippen LogP) is 5.19. The molecule has 3 heteroatoms. The highest BCUT2D eigenvalue weighted by molar-refractivity contribution is 5.66. The highest BCUT2D eigenvalue weighted by Crippen LogP contribution is 2.04. The molecule has 23 heavy (non-hydrogen) atoms. The zero-order valence-corrected chi connectivity index (χ0v) is 13.7. The molecule has 0 aliphatic carbocycles.